The number of non-ortho nitro benzene ring substituents is 1. The Morgan fingerprint density at radius 1 is 0.647 bits per heavy atom. The third-order valence-electron chi connectivity index (χ3n) is 3.84. The number of benzene rings is 1. The number of nitro groups is 1. The lowest BCUT2D eigenvalue weighted by Gasteiger charge is -2.40. The van der Waals surface area contributed by atoms with Crippen molar-refractivity contribution < 1.29 is 80.3 Å². The van der Waals surface area contributed by atoms with E-state index in [4.69, 9.17) is 0 Å². The normalized spacial score (nSPS) is 14.7. The smallest absolute Gasteiger partial charge is 0.422 e. The van der Waals surface area contributed by atoms with E-state index in [0.29, 0.717) is 12.1 Å². The minimum absolute atomic E-state index is 0.217. The average molecular weight is 535 g/mol. The van der Waals surface area contributed by atoms with E-state index in [1.54, 1.807) is 0 Å². The standard InChI is InChI=1S/C14H4F15NO4/c15-8(16,7(31)34-6-3-1-5(2-4-6)30(32)33)9(17,18)10(19,20)11(21,22)12(23,24)13(25,26)14(27,28)29/h1-4H. The Morgan fingerprint density at radius 2 is 1.00 bits per heavy atom. The summed E-state index contributed by atoms with van der Waals surface area (Å²) < 4.78 is 199. The summed E-state index contributed by atoms with van der Waals surface area (Å²) >= 11 is 0. The summed E-state index contributed by atoms with van der Waals surface area (Å²) in [6.45, 7) is 0. The van der Waals surface area contributed by atoms with Crippen molar-refractivity contribution in [2.75, 3.05) is 0 Å². The van der Waals surface area contributed by atoms with Crippen molar-refractivity contribution in [1.29, 1.82) is 0 Å². The molecule has 5 nitrogen and oxygen atoms in total. The van der Waals surface area contributed by atoms with Gasteiger partial charge in [0.25, 0.3) is 5.69 Å². The van der Waals surface area contributed by atoms with Crippen LogP contribution in [0.5, 0.6) is 5.75 Å². The lowest BCUT2D eigenvalue weighted by atomic mass is 9.91. The summed E-state index contributed by atoms with van der Waals surface area (Å²) in [5, 5.41) is 10.4. The maximum atomic E-state index is 13.6. The van der Waals surface area contributed by atoms with E-state index in [9.17, 15) is 80.8 Å². The number of rotatable bonds is 8. The Morgan fingerprint density at radius 3 is 1.35 bits per heavy atom. The number of nitro benzene ring substituents is 1. The Labute approximate surface area is 175 Å². The monoisotopic (exact) mass is 535 g/mol. The van der Waals surface area contributed by atoms with Crippen molar-refractivity contribution in [3.8, 4) is 5.75 Å². The minimum Gasteiger partial charge on any atom is -0.422 e. The van der Waals surface area contributed by atoms with Gasteiger partial charge in [-0.1, -0.05) is 0 Å². The number of carbonyl (C=O) groups excluding carboxylic acids is 1. The van der Waals surface area contributed by atoms with Gasteiger partial charge in [-0.3, -0.25) is 10.1 Å². The molecular formula is C14H4F15NO4. The molecular weight excluding hydrogens is 531 g/mol. The Bertz CT molecular complexity index is 939. The van der Waals surface area contributed by atoms with Gasteiger partial charge in [-0.2, -0.15) is 65.9 Å². The molecule has 0 heterocycles. The highest BCUT2D eigenvalue weighted by atomic mass is 19.4. The predicted molar refractivity (Wildman–Crippen MR) is 74.5 cm³/mol. The van der Waals surface area contributed by atoms with Gasteiger partial charge in [0.2, 0.25) is 0 Å². The van der Waals surface area contributed by atoms with Crippen molar-refractivity contribution in [3.63, 3.8) is 0 Å². The van der Waals surface area contributed by atoms with Gasteiger partial charge in [-0.15, -0.1) is 0 Å². The summed E-state index contributed by atoms with van der Waals surface area (Å²) in [4.78, 5) is 20.5. The van der Waals surface area contributed by atoms with Crippen LogP contribution in [-0.4, -0.2) is 52.6 Å². The molecule has 0 N–H and O–H groups in total. The van der Waals surface area contributed by atoms with Crippen LogP contribution in [0.3, 0.4) is 0 Å². The van der Waals surface area contributed by atoms with Crippen LogP contribution in [0.25, 0.3) is 0 Å². The predicted octanol–water partition coefficient (Wildman–Crippen LogP) is 5.87. The topological polar surface area (TPSA) is 69.4 Å². The average Bonchev–Trinajstić information content (AvgIpc) is 2.66. The van der Waals surface area contributed by atoms with Crippen molar-refractivity contribution >= 4 is 11.7 Å². The second kappa shape index (κ2) is 8.07. The zero-order valence-electron chi connectivity index (χ0n) is 15.1. The summed E-state index contributed by atoms with van der Waals surface area (Å²) in [5.41, 5.74) is -0.837. The minimum atomic E-state index is -8.54. The Kier molecular flexibility index (Phi) is 6.90. The molecule has 34 heavy (non-hydrogen) atoms. The SMILES string of the molecule is O=C(Oc1ccc([N+](=O)[O-])cc1)C(F)(F)C(F)(F)C(F)(F)C(F)(F)C(F)(F)C(F)(F)C(F)(F)F. The van der Waals surface area contributed by atoms with E-state index in [1.165, 1.54) is 0 Å². The highest BCUT2D eigenvalue weighted by Gasteiger charge is 2.94. The van der Waals surface area contributed by atoms with E-state index < -0.39 is 64.0 Å². The summed E-state index contributed by atoms with van der Waals surface area (Å²) in [6.07, 6.45) is -7.75. The third kappa shape index (κ3) is 4.05. The number of hydrogen-bond acceptors (Lipinski definition) is 4. The zero-order chi connectivity index (χ0) is 27.3. The molecule has 0 aliphatic carbocycles. The van der Waals surface area contributed by atoms with Crippen LogP contribution in [0.1, 0.15) is 0 Å². The number of hydrogen-bond donors (Lipinski definition) is 0. The van der Waals surface area contributed by atoms with Gasteiger partial charge in [0.05, 0.1) is 4.92 Å². The first-order valence-electron chi connectivity index (χ1n) is 7.61. The fourth-order valence-corrected chi connectivity index (χ4v) is 1.90. The van der Waals surface area contributed by atoms with Crippen molar-refractivity contribution in [1.82, 2.24) is 0 Å². The fraction of sp³-hybridized carbons (Fsp3) is 0.500. The molecule has 1 rings (SSSR count). The number of esters is 1. The second-order valence-electron chi connectivity index (χ2n) is 6.08. The van der Waals surface area contributed by atoms with Crippen LogP contribution in [0.4, 0.5) is 71.5 Å². The molecule has 0 aliphatic rings. The van der Waals surface area contributed by atoms with Crippen molar-refractivity contribution in [3.05, 3.63) is 34.4 Å². The van der Waals surface area contributed by atoms with Gasteiger partial charge in [0, 0.05) is 12.1 Å². The number of alkyl halides is 15. The first-order valence-corrected chi connectivity index (χ1v) is 7.61. The molecule has 0 aliphatic heterocycles. The van der Waals surface area contributed by atoms with E-state index in [1.807, 2.05) is 0 Å². The molecule has 0 radical (unpaired) electrons. The molecule has 0 amide bonds. The number of carbonyl (C=O) groups is 1. The quantitative estimate of drug-likeness (QED) is 0.137. The van der Waals surface area contributed by atoms with E-state index in [2.05, 4.69) is 4.74 Å². The molecule has 0 bridgehead atoms. The molecule has 0 aromatic heterocycles. The molecule has 20 heteroatoms. The summed E-state index contributed by atoms with van der Waals surface area (Å²) in [6, 6.07) is 1.16. The lowest BCUT2D eigenvalue weighted by Crippen LogP contribution is -2.73. The number of nitrogens with zero attached hydrogens (tertiary/aromatic N) is 1. The first kappa shape index (κ1) is 29.1. The van der Waals surface area contributed by atoms with Crippen LogP contribution >= 0.6 is 0 Å². The second-order valence-corrected chi connectivity index (χ2v) is 6.08. The van der Waals surface area contributed by atoms with Gasteiger partial charge >= 0.3 is 47.7 Å². The zero-order valence-corrected chi connectivity index (χ0v) is 15.1. The van der Waals surface area contributed by atoms with Gasteiger partial charge in [-0.25, -0.2) is 4.79 Å². The van der Waals surface area contributed by atoms with Crippen LogP contribution in [0.15, 0.2) is 24.3 Å². The maximum absolute atomic E-state index is 13.6. The van der Waals surface area contributed by atoms with Crippen molar-refractivity contribution in [2.24, 2.45) is 0 Å². The van der Waals surface area contributed by atoms with Crippen molar-refractivity contribution in [2.45, 2.75) is 41.7 Å². The molecule has 0 saturated carbocycles. The molecule has 1 aromatic carbocycles. The molecule has 194 valence electrons. The molecule has 0 unspecified atom stereocenters. The lowest BCUT2D eigenvalue weighted by molar-refractivity contribution is -0.450. The molecule has 0 atom stereocenters. The Balaban J connectivity index is 3.44. The maximum Gasteiger partial charge on any atom is 0.460 e. The number of ether oxygens (including phenoxy) is 1. The largest absolute Gasteiger partial charge is 0.460 e. The molecule has 0 spiro atoms. The fourth-order valence-electron chi connectivity index (χ4n) is 1.90. The van der Waals surface area contributed by atoms with Crippen LogP contribution < -0.4 is 4.74 Å². The van der Waals surface area contributed by atoms with Gasteiger partial charge in [-0.05, 0) is 12.1 Å². The molecule has 0 saturated heterocycles. The van der Waals surface area contributed by atoms with E-state index in [0.717, 1.165) is 0 Å². The van der Waals surface area contributed by atoms with Gasteiger partial charge in [0.1, 0.15) is 5.75 Å². The highest BCUT2D eigenvalue weighted by Crippen LogP contribution is 2.62. The van der Waals surface area contributed by atoms with E-state index in [-0.39, 0.29) is 12.1 Å². The van der Waals surface area contributed by atoms with Crippen LogP contribution in [0, 0.1) is 10.1 Å². The Hall–Kier alpha value is -2.96. The molecule has 0 fully saturated rings. The van der Waals surface area contributed by atoms with Gasteiger partial charge < -0.3 is 4.74 Å². The third-order valence-corrected chi connectivity index (χ3v) is 3.84. The van der Waals surface area contributed by atoms with E-state index >= 15 is 0 Å². The molecule has 1 aromatic rings. The summed E-state index contributed by atoms with van der Waals surface area (Å²) in [7, 11) is 0. The van der Waals surface area contributed by atoms with Crippen LogP contribution in [-0.2, 0) is 4.79 Å². The van der Waals surface area contributed by atoms with Crippen LogP contribution in [0.2, 0.25) is 0 Å². The first-order chi connectivity index (χ1) is 14.8. The number of halogens is 15. The highest BCUT2D eigenvalue weighted by molar-refractivity contribution is 5.81. The summed E-state index contributed by atoms with van der Waals surface area (Å²) in [5.74, 6) is -54.1. The van der Waals surface area contributed by atoms with Gasteiger partial charge in [0.15, 0.2) is 0 Å².